The minimum Gasteiger partial charge on any atom is -0.384 e. The lowest BCUT2D eigenvalue weighted by Crippen LogP contribution is -2.55. The summed E-state index contributed by atoms with van der Waals surface area (Å²) in [7, 11) is 0. The molecule has 1 heterocycles. The summed E-state index contributed by atoms with van der Waals surface area (Å²) in [6.45, 7) is -6.59. The first-order valence-electron chi connectivity index (χ1n) is 12.4. The van der Waals surface area contributed by atoms with Gasteiger partial charge in [0.15, 0.2) is 12.2 Å². The van der Waals surface area contributed by atoms with Gasteiger partial charge in [0.05, 0.1) is 6.61 Å². The fourth-order valence-corrected chi connectivity index (χ4v) is 3.11. The molecular weight excluding hydrogens is 414 g/mol. The van der Waals surface area contributed by atoms with E-state index in [4.69, 9.17) is 24.1 Å². The standard InChI is InChI=1S/C22H25N5O5/c1-26(2)21(30)14-4-3-5-16(12-14)27-10-11-32-18(22(27)31)17(28)20(29)25-15-8-6-13(7-9-15)19(23)24/h3-9,12,17-18,28H,10-11H2,1-2H3,(H3,23,24)(H,25,29)/t17-,18-/m1/s1/i1D3,2D3. The molecule has 0 aliphatic carbocycles. The molecule has 3 amide bonds. The summed E-state index contributed by atoms with van der Waals surface area (Å²) in [5, 5.41) is 20.4. The Morgan fingerprint density at radius 2 is 2.00 bits per heavy atom. The number of morpholine rings is 1. The van der Waals surface area contributed by atoms with Crippen molar-refractivity contribution < 1.29 is 32.5 Å². The highest BCUT2D eigenvalue weighted by Crippen LogP contribution is 2.22. The van der Waals surface area contributed by atoms with Crippen molar-refractivity contribution in [3.8, 4) is 0 Å². The fraction of sp³-hybridized carbons (Fsp3) is 0.273. The van der Waals surface area contributed by atoms with Gasteiger partial charge in [-0.3, -0.25) is 19.8 Å². The zero-order valence-electron chi connectivity index (χ0n) is 22.7. The quantitative estimate of drug-likeness (QED) is 0.374. The van der Waals surface area contributed by atoms with E-state index in [1.807, 2.05) is 0 Å². The maximum Gasteiger partial charge on any atom is 0.259 e. The number of amidine groups is 1. The van der Waals surface area contributed by atoms with Crippen LogP contribution < -0.4 is 16.0 Å². The Kier molecular flexibility index (Phi) is 4.78. The van der Waals surface area contributed by atoms with Crippen LogP contribution in [0.15, 0.2) is 48.5 Å². The summed E-state index contributed by atoms with van der Waals surface area (Å²) >= 11 is 0. The molecule has 168 valence electrons. The van der Waals surface area contributed by atoms with E-state index in [-0.39, 0.29) is 40.8 Å². The molecule has 1 saturated heterocycles. The topological polar surface area (TPSA) is 149 Å². The minimum absolute atomic E-state index is 0.0178. The van der Waals surface area contributed by atoms with Crippen LogP contribution in [0.1, 0.15) is 24.1 Å². The van der Waals surface area contributed by atoms with Crippen LogP contribution >= 0.6 is 0 Å². The fourth-order valence-electron chi connectivity index (χ4n) is 3.11. The van der Waals surface area contributed by atoms with E-state index >= 15 is 0 Å². The summed E-state index contributed by atoms with van der Waals surface area (Å²) in [5.74, 6) is -3.20. The molecule has 0 saturated carbocycles. The zero-order chi connectivity index (χ0) is 28.4. The number of nitrogens with one attached hydrogen (secondary N) is 2. The second-order valence-corrected chi connectivity index (χ2v) is 6.90. The van der Waals surface area contributed by atoms with Crippen LogP contribution in [0.3, 0.4) is 0 Å². The second-order valence-electron chi connectivity index (χ2n) is 6.90. The van der Waals surface area contributed by atoms with Crippen LogP contribution in [-0.4, -0.2) is 72.9 Å². The number of carbonyl (C=O) groups is 3. The minimum atomic E-state index is -3.25. The number of aliphatic hydroxyl groups excluding tert-OH is 1. The van der Waals surface area contributed by atoms with Crippen LogP contribution in [-0.2, 0) is 14.3 Å². The zero-order valence-corrected chi connectivity index (χ0v) is 16.7. The molecule has 1 aliphatic heterocycles. The van der Waals surface area contributed by atoms with Gasteiger partial charge in [-0.2, -0.15) is 0 Å². The van der Waals surface area contributed by atoms with Gasteiger partial charge in [-0.25, -0.2) is 0 Å². The molecule has 0 radical (unpaired) electrons. The van der Waals surface area contributed by atoms with Crippen LogP contribution in [0.4, 0.5) is 11.4 Å². The predicted molar refractivity (Wildman–Crippen MR) is 119 cm³/mol. The highest BCUT2D eigenvalue weighted by Gasteiger charge is 2.39. The van der Waals surface area contributed by atoms with E-state index in [2.05, 4.69) is 5.32 Å². The molecular formula is C22H25N5O5. The molecule has 1 aliphatic rings. The third kappa shape index (κ3) is 4.93. The molecule has 3 rings (SSSR count). The number of aliphatic hydroxyl groups is 1. The summed E-state index contributed by atoms with van der Waals surface area (Å²) in [4.78, 5) is 39.5. The van der Waals surface area contributed by atoms with Gasteiger partial charge in [0.2, 0.25) is 0 Å². The smallest absolute Gasteiger partial charge is 0.259 e. The molecule has 10 nitrogen and oxygen atoms in total. The van der Waals surface area contributed by atoms with Gasteiger partial charge in [0.25, 0.3) is 17.7 Å². The molecule has 2 aromatic carbocycles. The van der Waals surface area contributed by atoms with E-state index in [1.54, 1.807) is 0 Å². The lowest BCUT2D eigenvalue weighted by molar-refractivity contribution is -0.150. The largest absolute Gasteiger partial charge is 0.384 e. The van der Waals surface area contributed by atoms with Gasteiger partial charge in [-0.1, -0.05) is 6.07 Å². The predicted octanol–water partition coefficient (Wildman–Crippen LogP) is 0.404. The molecule has 32 heavy (non-hydrogen) atoms. The Morgan fingerprint density at radius 1 is 1.28 bits per heavy atom. The Bertz CT molecular complexity index is 1220. The lowest BCUT2D eigenvalue weighted by Gasteiger charge is -2.34. The highest BCUT2D eigenvalue weighted by atomic mass is 16.5. The van der Waals surface area contributed by atoms with Crippen molar-refractivity contribution in [2.24, 2.45) is 5.73 Å². The molecule has 10 heteroatoms. The average molecular weight is 446 g/mol. The third-order valence-electron chi connectivity index (χ3n) is 4.75. The lowest BCUT2D eigenvalue weighted by atomic mass is 10.1. The molecule has 2 aromatic rings. The summed E-state index contributed by atoms with van der Waals surface area (Å²) < 4.78 is 50.0. The van der Waals surface area contributed by atoms with Gasteiger partial charge in [-0.05, 0) is 42.5 Å². The van der Waals surface area contributed by atoms with Crippen LogP contribution in [0.25, 0.3) is 0 Å². The molecule has 0 bridgehead atoms. The van der Waals surface area contributed by atoms with Crippen molar-refractivity contribution in [3.63, 3.8) is 0 Å². The van der Waals surface area contributed by atoms with Gasteiger partial charge >= 0.3 is 0 Å². The second kappa shape index (κ2) is 9.58. The molecule has 0 spiro atoms. The number of hydrogen-bond acceptors (Lipinski definition) is 6. The summed E-state index contributed by atoms with van der Waals surface area (Å²) in [6, 6.07) is 11.0. The number of rotatable bonds is 6. The van der Waals surface area contributed by atoms with Crippen LogP contribution in [0, 0.1) is 5.41 Å². The highest BCUT2D eigenvalue weighted by molar-refractivity contribution is 6.04. The van der Waals surface area contributed by atoms with Crippen molar-refractivity contribution in [1.29, 1.82) is 5.41 Å². The summed E-state index contributed by atoms with van der Waals surface area (Å²) in [5.41, 5.74) is 5.91. The first kappa shape index (κ1) is 16.0. The van der Waals surface area contributed by atoms with Gasteiger partial charge < -0.3 is 30.7 Å². The third-order valence-corrected chi connectivity index (χ3v) is 4.75. The van der Waals surface area contributed by atoms with E-state index in [0.29, 0.717) is 5.56 Å². The summed E-state index contributed by atoms with van der Waals surface area (Å²) in [6.07, 6.45) is -3.51. The van der Waals surface area contributed by atoms with Gasteiger partial charge in [0, 0.05) is 51.2 Å². The number of hydrogen-bond donors (Lipinski definition) is 4. The van der Waals surface area contributed by atoms with Gasteiger partial charge in [0.1, 0.15) is 5.84 Å². The number of nitrogen functional groups attached to an aromatic ring is 1. The number of carbonyl (C=O) groups excluding carboxylic acids is 3. The van der Waals surface area contributed by atoms with Crippen molar-refractivity contribution >= 4 is 34.9 Å². The Hall–Kier alpha value is -3.76. The Balaban J connectivity index is 1.78. The molecule has 2 atom stereocenters. The van der Waals surface area contributed by atoms with Crippen molar-refractivity contribution in [2.75, 3.05) is 37.3 Å². The van der Waals surface area contributed by atoms with E-state index in [9.17, 15) is 19.5 Å². The molecule has 5 N–H and O–H groups in total. The van der Waals surface area contributed by atoms with E-state index in [0.717, 1.165) is 11.0 Å². The van der Waals surface area contributed by atoms with Crippen LogP contribution in [0.2, 0.25) is 0 Å². The molecule has 0 unspecified atom stereocenters. The maximum absolute atomic E-state index is 13.1. The number of amides is 3. The Morgan fingerprint density at radius 3 is 2.66 bits per heavy atom. The average Bonchev–Trinajstić information content (AvgIpc) is 2.82. The van der Waals surface area contributed by atoms with Crippen molar-refractivity contribution in [1.82, 2.24) is 4.90 Å². The van der Waals surface area contributed by atoms with Gasteiger partial charge in [-0.15, -0.1) is 0 Å². The van der Waals surface area contributed by atoms with Crippen LogP contribution in [0.5, 0.6) is 0 Å². The molecule has 0 aromatic heterocycles. The number of ether oxygens (including phenoxy) is 1. The van der Waals surface area contributed by atoms with E-state index < -0.39 is 43.9 Å². The number of nitrogens with two attached hydrogens (primary N) is 1. The van der Waals surface area contributed by atoms with Crippen molar-refractivity contribution in [3.05, 3.63) is 59.7 Å². The monoisotopic (exact) mass is 445 g/mol. The normalized spacial score (nSPS) is 20.5. The maximum atomic E-state index is 13.1. The number of benzene rings is 2. The first-order chi connectivity index (χ1) is 17.6. The SMILES string of the molecule is [2H]C([2H])([2H])N(C(=O)c1cccc(N2CCO[C@H]([C@@H](O)C(=O)Nc3ccc(C(=N)N)cc3)C2=O)c1)C([2H])([2H])[2H]. The first-order valence-corrected chi connectivity index (χ1v) is 9.42. The number of nitrogens with zero attached hydrogens (tertiary/aromatic N) is 2. The Labute approximate surface area is 193 Å². The van der Waals surface area contributed by atoms with Crippen molar-refractivity contribution in [2.45, 2.75) is 12.2 Å². The number of anilines is 2. The molecule has 1 fully saturated rings. The van der Waals surface area contributed by atoms with E-state index in [1.165, 1.54) is 42.5 Å².